The van der Waals surface area contributed by atoms with Crippen molar-refractivity contribution in [3.63, 3.8) is 0 Å². The fraction of sp³-hybridized carbons (Fsp3) is 0.438. The van der Waals surface area contributed by atoms with Crippen LogP contribution in [0.2, 0.25) is 0 Å². The van der Waals surface area contributed by atoms with Crippen molar-refractivity contribution >= 4 is 11.8 Å². The predicted molar refractivity (Wildman–Crippen MR) is 77.8 cm³/mol. The summed E-state index contributed by atoms with van der Waals surface area (Å²) in [5.41, 5.74) is 5.29. The minimum Gasteiger partial charge on any atom is -0.296 e. The van der Waals surface area contributed by atoms with Crippen LogP contribution in [-0.4, -0.2) is 13.3 Å². The Kier molecular flexibility index (Phi) is 5.14. The van der Waals surface area contributed by atoms with Crippen LogP contribution in [0, 0.1) is 0 Å². The fourth-order valence-corrected chi connectivity index (χ4v) is 1.80. The van der Waals surface area contributed by atoms with Crippen molar-refractivity contribution in [2.75, 3.05) is 7.05 Å². The summed E-state index contributed by atoms with van der Waals surface area (Å²) in [6, 6.07) is 8.83. The van der Waals surface area contributed by atoms with Gasteiger partial charge < -0.3 is 0 Å². The van der Waals surface area contributed by atoms with Crippen molar-refractivity contribution < 1.29 is 0 Å². The van der Waals surface area contributed by atoms with Crippen molar-refractivity contribution in [3.8, 4) is 0 Å². The molecule has 92 valence electrons. The number of hydrogen-bond donors (Lipinski definition) is 0. The van der Waals surface area contributed by atoms with Gasteiger partial charge in [0.05, 0.1) is 0 Å². The lowest BCUT2D eigenvalue weighted by Gasteiger charge is -2.09. The minimum atomic E-state index is 0.587. The number of aliphatic imine (C=N–C) groups is 1. The van der Waals surface area contributed by atoms with E-state index in [1.54, 1.807) is 0 Å². The molecular formula is C16H23N. The van der Waals surface area contributed by atoms with E-state index in [0.29, 0.717) is 5.92 Å². The Morgan fingerprint density at radius 1 is 1.24 bits per heavy atom. The molecule has 0 heterocycles. The second kappa shape index (κ2) is 6.39. The van der Waals surface area contributed by atoms with E-state index in [-0.39, 0.29) is 0 Å². The lowest BCUT2D eigenvalue weighted by molar-refractivity contribution is 0.866. The molecule has 17 heavy (non-hydrogen) atoms. The molecule has 1 nitrogen and oxygen atoms in total. The fourth-order valence-electron chi connectivity index (χ4n) is 1.80. The molecule has 1 rings (SSSR count). The summed E-state index contributed by atoms with van der Waals surface area (Å²) in [5, 5.41) is 0. The Labute approximate surface area is 105 Å². The zero-order valence-corrected chi connectivity index (χ0v) is 11.6. The minimum absolute atomic E-state index is 0.587. The molecule has 0 spiro atoms. The molecule has 0 amide bonds. The Morgan fingerprint density at radius 2 is 1.82 bits per heavy atom. The molecule has 1 heteroatoms. The Balaban J connectivity index is 3.13. The van der Waals surface area contributed by atoms with Crippen LogP contribution in [0.4, 0.5) is 0 Å². The SMILES string of the molecule is CC/C(C)=C(/C=NC)c1ccc(C(C)C)cc1. The highest BCUT2D eigenvalue weighted by atomic mass is 14.6. The highest BCUT2D eigenvalue weighted by molar-refractivity contribution is 6.10. The largest absolute Gasteiger partial charge is 0.296 e. The van der Waals surface area contributed by atoms with Crippen LogP contribution in [0.5, 0.6) is 0 Å². The van der Waals surface area contributed by atoms with Gasteiger partial charge in [0.2, 0.25) is 0 Å². The van der Waals surface area contributed by atoms with E-state index in [1.807, 2.05) is 13.3 Å². The van der Waals surface area contributed by atoms with Crippen LogP contribution in [0.15, 0.2) is 34.8 Å². The van der Waals surface area contributed by atoms with Crippen molar-refractivity contribution in [1.82, 2.24) is 0 Å². The summed E-state index contributed by atoms with van der Waals surface area (Å²) < 4.78 is 0. The first kappa shape index (κ1) is 13.7. The molecule has 0 unspecified atom stereocenters. The normalized spacial score (nSPS) is 13.3. The van der Waals surface area contributed by atoms with Gasteiger partial charge >= 0.3 is 0 Å². The first-order valence-electron chi connectivity index (χ1n) is 6.32. The first-order chi connectivity index (χ1) is 8.10. The third-order valence-electron chi connectivity index (χ3n) is 3.14. The maximum Gasteiger partial charge on any atom is 0.0286 e. The Bertz CT molecular complexity index is 408. The number of allylic oxidation sites excluding steroid dienone is 2. The van der Waals surface area contributed by atoms with E-state index in [1.165, 1.54) is 22.3 Å². The molecule has 0 radical (unpaired) electrons. The van der Waals surface area contributed by atoms with Crippen LogP contribution in [0.25, 0.3) is 5.57 Å². The van der Waals surface area contributed by atoms with Gasteiger partial charge in [-0.2, -0.15) is 0 Å². The predicted octanol–water partition coefficient (Wildman–Crippen LogP) is 4.69. The molecule has 0 N–H and O–H groups in total. The van der Waals surface area contributed by atoms with Crippen molar-refractivity contribution in [2.45, 2.75) is 40.0 Å². The summed E-state index contributed by atoms with van der Waals surface area (Å²) in [5.74, 6) is 0.587. The second-order valence-electron chi connectivity index (χ2n) is 4.71. The van der Waals surface area contributed by atoms with Crippen LogP contribution >= 0.6 is 0 Å². The number of hydrogen-bond acceptors (Lipinski definition) is 1. The van der Waals surface area contributed by atoms with Crippen LogP contribution in [0.3, 0.4) is 0 Å². The molecule has 0 saturated carbocycles. The third kappa shape index (κ3) is 3.55. The van der Waals surface area contributed by atoms with Crippen molar-refractivity contribution in [3.05, 3.63) is 41.0 Å². The molecule has 0 bridgehead atoms. The van der Waals surface area contributed by atoms with E-state index in [2.05, 4.69) is 57.0 Å². The van der Waals surface area contributed by atoms with Crippen molar-refractivity contribution in [1.29, 1.82) is 0 Å². The highest BCUT2D eigenvalue weighted by Crippen LogP contribution is 2.22. The van der Waals surface area contributed by atoms with Gasteiger partial charge in [0.15, 0.2) is 0 Å². The van der Waals surface area contributed by atoms with Gasteiger partial charge in [-0.1, -0.05) is 50.6 Å². The monoisotopic (exact) mass is 229 g/mol. The average molecular weight is 229 g/mol. The molecule has 0 aromatic heterocycles. The van der Waals surface area contributed by atoms with Gasteiger partial charge in [0.25, 0.3) is 0 Å². The van der Waals surface area contributed by atoms with Gasteiger partial charge in [0.1, 0.15) is 0 Å². The highest BCUT2D eigenvalue weighted by Gasteiger charge is 2.04. The quantitative estimate of drug-likeness (QED) is 0.664. The van der Waals surface area contributed by atoms with Gasteiger partial charge in [-0.25, -0.2) is 0 Å². The van der Waals surface area contributed by atoms with E-state index in [0.717, 1.165) is 6.42 Å². The van der Waals surface area contributed by atoms with Crippen LogP contribution < -0.4 is 0 Å². The zero-order valence-electron chi connectivity index (χ0n) is 11.6. The van der Waals surface area contributed by atoms with Gasteiger partial charge in [-0.3, -0.25) is 4.99 Å². The topological polar surface area (TPSA) is 12.4 Å². The molecule has 0 aliphatic heterocycles. The summed E-state index contributed by atoms with van der Waals surface area (Å²) in [7, 11) is 1.82. The Hall–Kier alpha value is -1.37. The summed E-state index contributed by atoms with van der Waals surface area (Å²) >= 11 is 0. The average Bonchev–Trinajstić information content (AvgIpc) is 2.35. The maximum absolute atomic E-state index is 4.16. The third-order valence-corrected chi connectivity index (χ3v) is 3.14. The number of nitrogens with zero attached hydrogens (tertiary/aromatic N) is 1. The first-order valence-corrected chi connectivity index (χ1v) is 6.32. The van der Waals surface area contributed by atoms with E-state index >= 15 is 0 Å². The molecular weight excluding hydrogens is 206 g/mol. The molecule has 1 aromatic rings. The van der Waals surface area contributed by atoms with Crippen molar-refractivity contribution in [2.24, 2.45) is 4.99 Å². The molecule has 0 aliphatic carbocycles. The molecule has 0 aliphatic rings. The summed E-state index contributed by atoms with van der Waals surface area (Å²) in [6.45, 7) is 8.79. The molecule has 0 saturated heterocycles. The number of rotatable bonds is 4. The van der Waals surface area contributed by atoms with E-state index < -0.39 is 0 Å². The standard InChI is InChI=1S/C16H23N/c1-6-13(4)16(11-17-5)15-9-7-14(8-10-15)12(2)3/h7-12H,6H2,1-5H3/b16-13-,17-11?. The zero-order chi connectivity index (χ0) is 12.8. The summed E-state index contributed by atoms with van der Waals surface area (Å²) in [6.07, 6.45) is 3.02. The van der Waals surface area contributed by atoms with E-state index in [9.17, 15) is 0 Å². The van der Waals surface area contributed by atoms with E-state index in [4.69, 9.17) is 0 Å². The van der Waals surface area contributed by atoms with Crippen LogP contribution in [0.1, 0.15) is 51.2 Å². The second-order valence-corrected chi connectivity index (χ2v) is 4.71. The lowest BCUT2D eigenvalue weighted by atomic mass is 9.96. The molecule has 1 aromatic carbocycles. The molecule has 0 atom stereocenters. The molecule has 0 fully saturated rings. The van der Waals surface area contributed by atoms with Gasteiger partial charge in [-0.15, -0.1) is 0 Å². The van der Waals surface area contributed by atoms with Crippen LogP contribution in [-0.2, 0) is 0 Å². The number of benzene rings is 1. The van der Waals surface area contributed by atoms with Gasteiger partial charge in [0, 0.05) is 13.3 Å². The summed E-state index contributed by atoms with van der Waals surface area (Å²) in [4.78, 5) is 4.16. The smallest absolute Gasteiger partial charge is 0.0286 e. The Morgan fingerprint density at radius 3 is 2.24 bits per heavy atom. The lowest BCUT2D eigenvalue weighted by Crippen LogP contribution is -1.93. The maximum atomic E-state index is 4.16. The van der Waals surface area contributed by atoms with Gasteiger partial charge in [-0.05, 0) is 36.0 Å².